The molecule has 0 unspecified atom stereocenters. The summed E-state index contributed by atoms with van der Waals surface area (Å²) in [6.07, 6.45) is 2.14. The van der Waals surface area contributed by atoms with E-state index in [1.54, 1.807) is 0 Å². The van der Waals surface area contributed by atoms with Crippen molar-refractivity contribution < 1.29 is 0 Å². The van der Waals surface area contributed by atoms with E-state index in [1.807, 2.05) is 0 Å². The molecule has 17 heavy (non-hydrogen) atoms. The fourth-order valence-electron chi connectivity index (χ4n) is 3.44. The van der Waals surface area contributed by atoms with Gasteiger partial charge in [0.15, 0.2) is 0 Å². The third kappa shape index (κ3) is 1.37. The lowest BCUT2D eigenvalue weighted by atomic mass is 10.0. The van der Waals surface area contributed by atoms with Crippen molar-refractivity contribution in [3.63, 3.8) is 0 Å². The molecule has 1 saturated carbocycles. The molecule has 2 atom stereocenters. The number of hydrogen-bond acceptors (Lipinski definition) is 1. The number of nitrogens with two attached hydrogens (primary N) is 1. The second-order valence-electron chi connectivity index (χ2n) is 5.85. The molecule has 1 fully saturated rings. The molecule has 2 heteroatoms. The zero-order valence-corrected chi connectivity index (χ0v) is 10.8. The van der Waals surface area contributed by atoms with E-state index >= 15 is 0 Å². The molecule has 0 amide bonds. The maximum Gasteiger partial charge on any atom is 0.0513 e. The minimum Gasteiger partial charge on any atom is -0.350 e. The number of benzene rings is 1. The summed E-state index contributed by atoms with van der Waals surface area (Å²) in [4.78, 5) is 0. The Kier molecular flexibility index (Phi) is 2.14. The van der Waals surface area contributed by atoms with Crippen LogP contribution in [0.1, 0.15) is 25.3 Å². The number of para-hydroxylation sites is 1. The molecular weight excluding hydrogens is 208 g/mol. The Bertz CT molecular complexity index is 565. The summed E-state index contributed by atoms with van der Waals surface area (Å²) in [5.74, 6) is 1.24. The predicted molar refractivity (Wildman–Crippen MR) is 72.0 cm³/mol. The van der Waals surface area contributed by atoms with Gasteiger partial charge in [0.25, 0.3) is 0 Å². The van der Waals surface area contributed by atoms with E-state index in [9.17, 15) is 0 Å². The van der Waals surface area contributed by atoms with E-state index in [1.165, 1.54) is 16.5 Å². The van der Waals surface area contributed by atoms with Gasteiger partial charge >= 0.3 is 0 Å². The quantitative estimate of drug-likeness (QED) is 0.842. The lowest BCUT2D eigenvalue weighted by Gasteiger charge is -2.07. The van der Waals surface area contributed by atoms with Crippen LogP contribution in [0.2, 0.25) is 0 Å². The van der Waals surface area contributed by atoms with Crippen LogP contribution in [-0.4, -0.2) is 11.1 Å². The van der Waals surface area contributed by atoms with Crippen LogP contribution in [0.5, 0.6) is 0 Å². The summed E-state index contributed by atoms with van der Waals surface area (Å²) in [5, 5.41) is 1.34. The molecule has 1 aliphatic carbocycles. The maximum atomic E-state index is 5.89. The second kappa shape index (κ2) is 3.36. The highest BCUT2D eigenvalue weighted by Crippen LogP contribution is 2.64. The van der Waals surface area contributed by atoms with Crippen LogP contribution in [0, 0.1) is 11.3 Å². The molecule has 1 aromatic carbocycles. The summed E-state index contributed by atoms with van der Waals surface area (Å²) in [6, 6.07) is 8.81. The van der Waals surface area contributed by atoms with Crippen LogP contribution in [0.15, 0.2) is 30.5 Å². The van der Waals surface area contributed by atoms with Crippen molar-refractivity contribution in [1.82, 2.24) is 4.57 Å². The Balaban J connectivity index is 2.16. The van der Waals surface area contributed by atoms with Gasteiger partial charge in [-0.05, 0) is 40.8 Å². The molecule has 2 aromatic rings. The first-order chi connectivity index (χ1) is 8.07. The maximum absolute atomic E-state index is 5.89. The minimum absolute atomic E-state index is 0.354. The third-order valence-corrected chi connectivity index (χ3v) is 4.57. The van der Waals surface area contributed by atoms with Crippen molar-refractivity contribution in [2.45, 2.75) is 19.8 Å². The van der Waals surface area contributed by atoms with Crippen molar-refractivity contribution in [3.8, 4) is 0 Å². The molecule has 2 N–H and O–H groups in total. The van der Waals surface area contributed by atoms with Crippen LogP contribution < -0.4 is 5.73 Å². The Morgan fingerprint density at radius 3 is 2.71 bits per heavy atom. The molecule has 1 aromatic heterocycles. The molecule has 0 aliphatic heterocycles. The van der Waals surface area contributed by atoms with Gasteiger partial charge in [-0.3, -0.25) is 0 Å². The molecular formula is C15H20N2. The lowest BCUT2D eigenvalue weighted by molar-refractivity contribution is 0.559. The summed E-state index contributed by atoms with van der Waals surface area (Å²) < 4.78 is 2.23. The Morgan fingerprint density at radius 1 is 1.29 bits per heavy atom. The molecule has 0 saturated heterocycles. The third-order valence-electron chi connectivity index (χ3n) is 4.57. The molecule has 3 rings (SSSR count). The Hall–Kier alpha value is -1.28. The fourth-order valence-corrected chi connectivity index (χ4v) is 3.44. The van der Waals surface area contributed by atoms with Crippen molar-refractivity contribution >= 4 is 10.9 Å². The highest BCUT2D eigenvalue weighted by molar-refractivity contribution is 5.84. The highest BCUT2D eigenvalue weighted by Gasteiger charge is 2.57. The van der Waals surface area contributed by atoms with Crippen molar-refractivity contribution in [1.29, 1.82) is 0 Å². The topological polar surface area (TPSA) is 30.9 Å². The normalized spacial score (nSPS) is 26.4. The number of rotatable bonds is 2. The summed E-state index contributed by atoms with van der Waals surface area (Å²) in [5.41, 5.74) is 9.09. The SMILES string of the molecule is Cn1ccc2cccc([C@@H]3[C@@H](CN)C3(C)C)c21. The predicted octanol–water partition coefficient (Wildman–Crippen LogP) is 2.88. The van der Waals surface area contributed by atoms with E-state index in [-0.39, 0.29) is 0 Å². The first-order valence-electron chi connectivity index (χ1n) is 6.31. The molecule has 1 heterocycles. The van der Waals surface area contributed by atoms with Crippen LogP contribution in [0.4, 0.5) is 0 Å². The van der Waals surface area contributed by atoms with E-state index in [0.717, 1.165) is 6.54 Å². The number of aromatic nitrogens is 1. The number of fused-ring (bicyclic) bond motifs is 1. The van der Waals surface area contributed by atoms with Gasteiger partial charge in [-0.25, -0.2) is 0 Å². The second-order valence-corrected chi connectivity index (χ2v) is 5.85. The molecule has 0 spiro atoms. The summed E-state index contributed by atoms with van der Waals surface area (Å²) in [6.45, 7) is 5.45. The number of aryl methyl sites for hydroxylation is 1. The van der Waals surface area contributed by atoms with Crippen LogP contribution in [0.25, 0.3) is 10.9 Å². The van der Waals surface area contributed by atoms with E-state index in [2.05, 4.69) is 55.9 Å². The highest BCUT2D eigenvalue weighted by atomic mass is 14.9. The van der Waals surface area contributed by atoms with E-state index < -0.39 is 0 Å². The van der Waals surface area contributed by atoms with Crippen molar-refractivity contribution in [2.24, 2.45) is 24.1 Å². The monoisotopic (exact) mass is 228 g/mol. The molecule has 0 radical (unpaired) electrons. The Labute approximate surface area is 102 Å². The number of nitrogens with zero attached hydrogens (tertiary/aromatic N) is 1. The van der Waals surface area contributed by atoms with Gasteiger partial charge in [-0.15, -0.1) is 0 Å². The summed E-state index contributed by atoms with van der Waals surface area (Å²) >= 11 is 0. The largest absolute Gasteiger partial charge is 0.350 e. The van der Waals surface area contributed by atoms with Crippen LogP contribution in [-0.2, 0) is 7.05 Å². The van der Waals surface area contributed by atoms with Crippen molar-refractivity contribution in [3.05, 3.63) is 36.0 Å². The summed E-state index contributed by atoms with van der Waals surface area (Å²) in [7, 11) is 2.12. The van der Waals surface area contributed by atoms with Gasteiger partial charge in [-0.2, -0.15) is 0 Å². The fraction of sp³-hybridized carbons (Fsp3) is 0.467. The first-order valence-corrected chi connectivity index (χ1v) is 6.31. The van der Waals surface area contributed by atoms with Crippen LogP contribution >= 0.6 is 0 Å². The standard InChI is InChI=1S/C15H20N2/c1-15(2)12(9-16)13(15)11-6-4-5-10-7-8-17(3)14(10)11/h4-8,12-13H,9,16H2,1-3H3/t12-,13-/m1/s1. The first kappa shape index (κ1) is 10.8. The van der Waals surface area contributed by atoms with Gasteiger partial charge in [0.05, 0.1) is 5.52 Å². The Morgan fingerprint density at radius 2 is 2.06 bits per heavy atom. The molecule has 90 valence electrons. The molecule has 0 bridgehead atoms. The van der Waals surface area contributed by atoms with Gasteiger partial charge < -0.3 is 10.3 Å². The van der Waals surface area contributed by atoms with E-state index in [4.69, 9.17) is 5.73 Å². The average Bonchev–Trinajstić information content (AvgIpc) is 2.64. The van der Waals surface area contributed by atoms with Gasteiger partial charge in [-0.1, -0.05) is 32.0 Å². The van der Waals surface area contributed by atoms with E-state index in [0.29, 0.717) is 17.3 Å². The zero-order chi connectivity index (χ0) is 12.2. The minimum atomic E-state index is 0.354. The van der Waals surface area contributed by atoms with Gasteiger partial charge in [0, 0.05) is 13.2 Å². The zero-order valence-electron chi connectivity index (χ0n) is 10.8. The molecule has 1 aliphatic rings. The van der Waals surface area contributed by atoms with Gasteiger partial charge in [0.1, 0.15) is 0 Å². The smallest absolute Gasteiger partial charge is 0.0513 e. The van der Waals surface area contributed by atoms with Gasteiger partial charge in [0.2, 0.25) is 0 Å². The lowest BCUT2D eigenvalue weighted by Crippen LogP contribution is -2.05. The van der Waals surface area contributed by atoms with Crippen LogP contribution in [0.3, 0.4) is 0 Å². The van der Waals surface area contributed by atoms with Crippen molar-refractivity contribution in [2.75, 3.05) is 6.54 Å². The number of hydrogen-bond donors (Lipinski definition) is 1. The molecule has 2 nitrogen and oxygen atoms in total. The average molecular weight is 228 g/mol.